The van der Waals surface area contributed by atoms with Gasteiger partial charge in [-0.3, -0.25) is 9.59 Å². The van der Waals surface area contributed by atoms with Crippen molar-refractivity contribution >= 4 is 23.4 Å². The number of fused-ring (bicyclic) bond motifs is 1. The van der Waals surface area contributed by atoms with Gasteiger partial charge in [0.15, 0.2) is 0 Å². The normalized spacial score (nSPS) is 22.1. The minimum absolute atomic E-state index is 0.0329. The molecule has 2 fully saturated rings. The third kappa shape index (κ3) is 2.22. The van der Waals surface area contributed by atoms with Crippen molar-refractivity contribution in [3.05, 3.63) is 28.8 Å². The van der Waals surface area contributed by atoms with Crippen LogP contribution < -0.4 is 0 Å². The van der Waals surface area contributed by atoms with Gasteiger partial charge in [-0.15, -0.1) is 0 Å². The summed E-state index contributed by atoms with van der Waals surface area (Å²) in [5, 5.41) is 9.56. The van der Waals surface area contributed by atoms with Gasteiger partial charge in [-0.1, -0.05) is 11.6 Å². The van der Waals surface area contributed by atoms with Crippen LogP contribution in [-0.2, 0) is 4.79 Å². The number of nitrogens with zero attached hydrogens (tertiary/aromatic N) is 2. The number of hydrogen-bond acceptors (Lipinski definition) is 3. The van der Waals surface area contributed by atoms with E-state index >= 15 is 0 Å². The maximum Gasteiger partial charge on any atom is 0.254 e. The van der Waals surface area contributed by atoms with Crippen LogP contribution >= 0.6 is 11.6 Å². The summed E-state index contributed by atoms with van der Waals surface area (Å²) in [6.07, 6.45) is 1.40. The molecule has 0 aliphatic carbocycles. The second-order valence-electron chi connectivity index (χ2n) is 5.20. The molecule has 1 aromatic rings. The van der Waals surface area contributed by atoms with Crippen LogP contribution in [-0.4, -0.2) is 52.4 Å². The summed E-state index contributed by atoms with van der Waals surface area (Å²) in [4.78, 5) is 27.7. The highest BCUT2D eigenvalue weighted by molar-refractivity contribution is 6.32. The average molecular weight is 295 g/mol. The van der Waals surface area contributed by atoms with Gasteiger partial charge >= 0.3 is 0 Å². The molecule has 0 radical (unpaired) electrons. The standard InChI is InChI=1S/C14H15ClN2O3/c15-11-7-9(1-3-12(11)18)14(20)16-5-6-17-10(8-16)2-4-13(17)19/h1,3,7,10,18H,2,4-6,8H2. The first kappa shape index (κ1) is 13.2. The summed E-state index contributed by atoms with van der Waals surface area (Å²) in [6.45, 7) is 1.71. The van der Waals surface area contributed by atoms with Gasteiger partial charge < -0.3 is 14.9 Å². The largest absolute Gasteiger partial charge is 0.506 e. The van der Waals surface area contributed by atoms with Crippen molar-refractivity contribution in [2.45, 2.75) is 18.9 Å². The first-order valence-electron chi connectivity index (χ1n) is 6.63. The van der Waals surface area contributed by atoms with Gasteiger partial charge in [-0.2, -0.15) is 0 Å². The molecule has 5 nitrogen and oxygen atoms in total. The van der Waals surface area contributed by atoms with Crippen LogP contribution in [0.25, 0.3) is 0 Å². The van der Waals surface area contributed by atoms with Crippen molar-refractivity contribution in [1.82, 2.24) is 9.80 Å². The van der Waals surface area contributed by atoms with Gasteiger partial charge in [0, 0.05) is 37.7 Å². The Hall–Kier alpha value is -1.75. The van der Waals surface area contributed by atoms with E-state index in [9.17, 15) is 14.7 Å². The quantitative estimate of drug-likeness (QED) is 0.854. The fourth-order valence-corrected chi connectivity index (χ4v) is 3.05. The molecule has 2 heterocycles. The summed E-state index contributed by atoms with van der Waals surface area (Å²) in [7, 11) is 0. The molecule has 0 aromatic heterocycles. The Kier molecular flexibility index (Phi) is 3.30. The Labute approximate surface area is 121 Å². The van der Waals surface area contributed by atoms with Crippen LogP contribution in [0.5, 0.6) is 5.75 Å². The molecule has 2 aliphatic rings. The third-order valence-corrected chi connectivity index (χ3v) is 4.28. The lowest BCUT2D eigenvalue weighted by Gasteiger charge is -2.37. The SMILES string of the molecule is O=C(c1ccc(O)c(Cl)c1)N1CCN2C(=O)CCC2C1. The molecule has 1 unspecified atom stereocenters. The predicted octanol–water partition coefficient (Wildman–Crippen LogP) is 1.49. The van der Waals surface area contributed by atoms with E-state index in [-0.39, 0.29) is 28.6 Å². The molecule has 1 atom stereocenters. The monoisotopic (exact) mass is 294 g/mol. The van der Waals surface area contributed by atoms with Gasteiger partial charge in [-0.05, 0) is 24.6 Å². The minimum atomic E-state index is -0.106. The van der Waals surface area contributed by atoms with Crippen molar-refractivity contribution in [2.75, 3.05) is 19.6 Å². The van der Waals surface area contributed by atoms with E-state index in [1.54, 1.807) is 11.0 Å². The molecule has 0 saturated carbocycles. The van der Waals surface area contributed by atoms with Gasteiger partial charge in [-0.25, -0.2) is 0 Å². The number of benzene rings is 1. The third-order valence-electron chi connectivity index (χ3n) is 3.98. The number of phenolic OH excluding ortho intramolecular Hbond substituents is 1. The molecule has 2 aliphatic heterocycles. The smallest absolute Gasteiger partial charge is 0.254 e. The summed E-state index contributed by atoms with van der Waals surface area (Å²) in [6, 6.07) is 4.61. The molecular weight excluding hydrogens is 280 g/mol. The van der Waals surface area contributed by atoms with Crippen molar-refractivity contribution in [3.63, 3.8) is 0 Å². The molecule has 0 spiro atoms. The minimum Gasteiger partial charge on any atom is -0.506 e. The lowest BCUT2D eigenvalue weighted by molar-refractivity contribution is -0.130. The fraction of sp³-hybridized carbons (Fsp3) is 0.429. The lowest BCUT2D eigenvalue weighted by Crippen LogP contribution is -2.53. The summed E-state index contributed by atoms with van der Waals surface area (Å²) < 4.78 is 0. The first-order chi connectivity index (χ1) is 9.56. The Morgan fingerprint density at radius 1 is 1.35 bits per heavy atom. The van der Waals surface area contributed by atoms with Crippen molar-refractivity contribution in [3.8, 4) is 5.75 Å². The maximum absolute atomic E-state index is 12.4. The zero-order valence-electron chi connectivity index (χ0n) is 10.9. The summed E-state index contributed by atoms with van der Waals surface area (Å²) in [5.41, 5.74) is 0.463. The lowest BCUT2D eigenvalue weighted by atomic mass is 10.1. The molecule has 3 rings (SSSR count). The Bertz CT molecular complexity index is 576. The number of halogens is 1. The fourth-order valence-electron chi connectivity index (χ4n) is 2.87. The van der Waals surface area contributed by atoms with Crippen LogP contribution in [0.1, 0.15) is 23.2 Å². The molecule has 1 N–H and O–H groups in total. The Morgan fingerprint density at radius 2 is 2.15 bits per heavy atom. The Balaban J connectivity index is 1.75. The highest BCUT2D eigenvalue weighted by Crippen LogP contribution is 2.26. The van der Waals surface area contributed by atoms with E-state index in [1.807, 2.05) is 4.90 Å². The molecule has 1 aromatic carbocycles. The number of hydrogen-bond donors (Lipinski definition) is 1. The maximum atomic E-state index is 12.4. The topological polar surface area (TPSA) is 60.9 Å². The van der Waals surface area contributed by atoms with Crippen LogP contribution in [0.15, 0.2) is 18.2 Å². The highest BCUT2D eigenvalue weighted by atomic mass is 35.5. The van der Waals surface area contributed by atoms with E-state index in [4.69, 9.17) is 11.6 Å². The van der Waals surface area contributed by atoms with E-state index in [2.05, 4.69) is 0 Å². The number of carbonyl (C=O) groups is 2. The van der Waals surface area contributed by atoms with Crippen molar-refractivity contribution in [1.29, 1.82) is 0 Å². The number of piperazine rings is 1. The first-order valence-corrected chi connectivity index (χ1v) is 7.01. The van der Waals surface area contributed by atoms with E-state index in [0.29, 0.717) is 31.6 Å². The predicted molar refractivity (Wildman–Crippen MR) is 73.8 cm³/mol. The average Bonchev–Trinajstić information content (AvgIpc) is 2.82. The Morgan fingerprint density at radius 3 is 2.90 bits per heavy atom. The molecule has 0 bridgehead atoms. The second kappa shape index (κ2) is 4.98. The van der Waals surface area contributed by atoms with Crippen molar-refractivity contribution in [2.24, 2.45) is 0 Å². The van der Waals surface area contributed by atoms with Crippen LogP contribution in [0.2, 0.25) is 5.02 Å². The van der Waals surface area contributed by atoms with Gasteiger partial charge in [0.2, 0.25) is 5.91 Å². The van der Waals surface area contributed by atoms with E-state index < -0.39 is 0 Å². The van der Waals surface area contributed by atoms with Gasteiger partial charge in [0.1, 0.15) is 5.75 Å². The summed E-state index contributed by atoms with van der Waals surface area (Å²) >= 11 is 5.83. The molecule has 6 heteroatoms. The zero-order chi connectivity index (χ0) is 14.3. The number of aromatic hydroxyl groups is 1. The van der Waals surface area contributed by atoms with Crippen LogP contribution in [0.4, 0.5) is 0 Å². The number of amides is 2. The summed E-state index contributed by atoms with van der Waals surface area (Å²) in [5.74, 6) is 0.0510. The van der Waals surface area contributed by atoms with Crippen molar-refractivity contribution < 1.29 is 14.7 Å². The molecule has 106 valence electrons. The van der Waals surface area contributed by atoms with Gasteiger partial charge in [0.25, 0.3) is 5.91 Å². The highest BCUT2D eigenvalue weighted by Gasteiger charge is 2.37. The van der Waals surface area contributed by atoms with E-state index in [0.717, 1.165) is 6.42 Å². The number of phenols is 1. The molecular formula is C14H15ClN2O3. The number of rotatable bonds is 1. The van der Waals surface area contributed by atoms with Crippen LogP contribution in [0, 0.1) is 0 Å². The molecule has 2 amide bonds. The van der Waals surface area contributed by atoms with Crippen LogP contribution in [0.3, 0.4) is 0 Å². The molecule has 2 saturated heterocycles. The number of carbonyl (C=O) groups excluding carboxylic acids is 2. The second-order valence-corrected chi connectivity index (χ2v) is 5.60. The molecule has 20 heavy (non-hydrogen) atoms. The van der Waals surface area contributed by atoms with E-state index in [1.165, 1.54) is 12.1 Å². The van der Waals surface area contributed by atoms with Gasteiger partial charge in [0.05, 0.1) is 5.02 Å². The zero-order valence-corrected chi connectivity index (χ0v) is 11.6.